The van der Waals surface area contributed by atoms with Crippen molar-refractivity contribution in [3.63, 3.8) is 0 Å². The molecule has 0 aromatic carbocycles. The fraction of sp³-hybridized carbons (Fsp3) is 0.818. The van der Waals surface area contributed by atoms with Crippen LogP contribution in [-0.2, 0) is 4.74 Å². The van der Waals surface area contributed by atoms with Gasteiger partial charge in [-0.1, -0.05) is 25.5 Å². The minimum atomic E-state index is -4.14. The molecule has 4 heteroatoms. The van der Waals surface area contributed by atoms with Gasteiger partial charge in [0.05, 0.1) is 19.1 Å². The van der Waals surface area contributed by atoms with Gasteiger partial charge in [-0.15, -0.1) is 0 Å². The average molecular weight is 224 g/mol. The molecule has 0 unspecified atom stereocenters. The van der Waals surface area contributed by atoms with Gasteiger partial charge in [-0.05, 0) is 19.8 Å². The first-order valence-electron chi connectivity index (χ1n) is 5.18. The highest BCUT2D eigenvalue weighted by molar-refractivity contribution is 4.96. The molecule has 0 aliphatic rings. The van der Waals surface area contributed by atoms with Gasteiger partial charge in [0.2, 0.25) is 0 Å². The Bertz CT molecular complexity index is 196. The van der Waals surface area contributed by atoms with Crippen LogP contribution in [0.3, 0.4) is 0 Å². The van der Waals surface area contributed by atoms with Crippen LogP contribution < -0.4 is 0 Å². The van der Waals surface area contributed by atoms with Crippen molar-refractivity contribution in [1.82, 2.24) is 0 Å². The zero-order valence-corrected chi connectivity index (χ0v) is 9.53. The topological polar surface area (TPSA) is 9.23 Å². The molecule has 0 aromatic heterocycles. The van der Waals surface area contributed by atoms with E-state index in [0.717, 1.165) is 13.3 Å². The van der Waals surface area contributed by atoms with Crippen LogP contribution in [0.15, 0.2) is 11.6 Å². The molecule has 1 atom stereocenters. The summed E-state index contributed by atoms with van der Waals surface area (Å²) in [6.07, 6.45) is -0.489. The van der Waals surface area contributed by atoms with Crippen molar-refractivity contribution in [3.8, 4) is 0 Å². The number of ether oxygens (including phenoxy) is 1. The summed E-state index contributed by atoms with van der Waals surface area (Å²) in [6, 6.07) is 0. The van der Waals surface area contributed by atoms with Crippen LogP contribution in [0.25, 0.3) is 0 Å². The van der Waals surface area contributed by atoms with E-state index in [0.29, 0.717) is 13.0 Å². The predicted octanol–water partition coefficient (Wildman–Crippen LogP) is 3.95. The van der Waals surface area contributed by atoms with Gasteiger partial charge in [-0.3, -0.25) is 0 Å². The molecule has 15 heavy (non-hydrogen) atoms. The summed E-state index contributed by atoms with van der Waals surface area (Å²) in [6.45, 7) is 5.28. The lowest BCUT2D eigenvalue weighted by molar-refractivity contribution is -0.182. The maximum absolute atomic E-state index is 12.0. The van der Waals surface area contributed by atoms with E-state index in [1.807, 2.05) is 19.9 Å². The molecule has 0 fully saturated rings. The van der Waals surface area contributed by atoms with Crippen molar-refractivity contribution in [2.24, 2.45) is 5.92 Å². The number of halogens is 3. The number of hydrogen-bond acceptors (Lipinski definition) is 1. The molecular formula is C11H19F3O. The number of hydrogen-bond donors (Lipinski definition) is 0. The second-order valence-electron chi connectivity index (χ2n) is 3.71. The first-order chi connectivity index (χ1) is 6.88. The lowest BCUT2D eigenvalue weighted by atomic mass is 10.2. The number of rotatable bonds is 6. The smallest absolute Gasteiger partial charge is 0.381 e. The molecule has 1 nitrogen and oxygen atoms in total. The van der Waals surface area contributed by atoms with E-state index in [1.54, 1.807) is 0 Å². The number of alkyl halides is 3. The van der Waals surface area contributed by atoms with Gasteiger partial charge in [-0.25, -0.2) is 0 Å². The minimum absolute atomic E-state index is 0.248. The van der Waals surface area contributed by atoms with Gasteiger partial charge in [0.25, 0.3) is 0 Å². The summed E-state index contributed by atoms with van der Waals surface area (Å²) >= 11 is 0. The van der Waals surface area contributed by atoms with Gasteiger partial charge < -0.3 is 4.74 Å². The standard InChI is InChI=1S/C11H19F3O/c1-4-9(2)6-5-7-15-8-10(3)11(12,13)14/h6,10H,4-5,7-8H2,1-3H3/b9-6-/t10-/m1/s1. The third kappa shape index (κ3) is 7.42. The molecule has 0 rings (SSSR count). The average Bonchev–Trinajstić information content (AvgIpc) is 2.15. The summed E-state index contributed by atoms with van der Waals surface area (Å²) in [4.78, 5) is 0. The summed E-state index contributed by atoms with van der Waals surface area (Å²) < 4.78 is 41.1. The zero-order chi connectivity index (χ0) is 11.9. The maximum Gasteiger partial charge on any atom is 0.393 e. The van der Waals surface area contributed by atoms with Crippen LogP contribution in [0.5, 0.6) is 0 Å². The Hall–Kier alpha value is -0.510. The first kappa shape index (κ1) is 14.5. The molecular weight excluding hydrogens is 205 g/mol. The quantitative estimate of drug-likeness (QED) is 0.490. The third-order valence-electron chi connectivity index (χ3n) is 2.24. The fourth-order valence-electron chi connectivity index (χ4n) is 0.888. The highest BCUT2D eigenvalue weighted by atomic mass is 19.4. The lowest BCUT2D eigenvalue weighted by Gasteiger charge is -2.15. The molecule has 90 valence electrons. The highest BCUT2D eigenvalue weighted by Gasteiger charge is 2.35. The molecule has 0 aliphatic carbocycles. The van der Waals surface area contributed by atoms with E-state index >= 15 is 0 Å². The molecule has 0 saturated heterocycles. The van der Waals surface area contributed by atoms with Crippen molar-refractivity contribution >= 4 is 0 Å². The summed E-state index contributed by atoms with van der Waals surface area (Å²) in [5, 5.41) is 0. The van der Waals surface area contributed by atoms with Crippen LogP contribution >= 0.6 is 0 Å². The Kier molecular flexibility index (Phi) is 6.65. The highest BCUT2D eigenvalue weighted by Crippen LogP contribution is 2.25. The second-order valence-corrected chi connectivity index (χ2v) is 3.71. The minimum Gasteiger partial charge on any atom is -0.381 e. The molecule has 0 radical (unpaired) electrons. The molecule has 0 spiro atoms. The van der Waals surface area contributed by atoms with E-state index in [-0.39, 0.29) is 6.61 Å². The van der Waals surface area contributed by atoms with Crippen molar-refractivity contribution in [2.75, 3.05) is 13.2 Å². The summed E-state index contributed by atoms with van der Waals surface area (Å²) in [5.74, 6) is -1.38. The number of allylic oxidation sites excluding steroid dienone is 1. The molecule has 0 amide bonds. The van der Waals surface area contributed by atoms with Crippen LogP contribution in [0.4, 0.5) is 13.2 Å². The Morgan fingerprint density at radius 1 is 1.40 bits per heavy atom. The predicted molar refractivity (Wildman–Crippen MR) is 54.7 cm³/mol. The monoisotopic (exact) mass is 224 g/mol. The van der Waals surface area contributed by atoms with Crippen LogP contribution in [0.2, 0.25) is 0 Å². The normalized spacial score (nSPS) is 15.5. The summed E-state index contributed by atoms with van der Waals surface area (Å²) in [7, 11) is 0. The molecule has 0 bridgehead atoms. The molecule has 0 N–H and O–H groups in total. The maximum atomic E-state index is 12.0. The zero-order valence-electron chi connectivity index (χ0n) is 9.53. The van der Waals surface area contributed by atoms with E-state index in [1.165, 1.54) is 5.57 Å². The Labute approximate surface area is 89.3 Å². The van der Waals surface area contributed by atoms with Gasteiger partial charge >= 0.3 is 6.18 Å². The summed E-state index contributed by atoms with van der Waals surface area (Å²) in [5.41, 5.74) is 1.24. The van der Waals surface area contributed by atoms with E-state index in [2.05, 4.69) is 0 Å². The van der Waals surface area contributed by atoms with E-state index in [4.69, 9.17) is 4.74 Å². The molecule has 0 heterocycles. The van der Waals surface area contributed by atoms with Gasteiger partial charge in [-0.2, -0.15) is 13.2 Å². The fourth-order valence-corrected chi connectivity index (χ4v) is 0.888. The van der Waals surface area contributed by atoms with Crippen molar-refractivity contribution in [2.45, 2.75) is 39.8 Å². The Morgan fingerprint density at radius 3 is 2.47 bits per heavy atom. The SMILES string of the molecule is CC/C(C)=C\CCOC[C@@H](C)C(F)(F)F. The third-order valence-corrected chi connectivity index (χ3v) is 2.24. The molecule has 0 aliphatic heterocycles. The van der Waals surface area contributed by atoms with Gasteiger partial charge in [0.1, 0.15) is 0 Å². The Morgan fingerprint density at radius 2 is 2.00 bits per heavy atom. The van der Waals surface area contributed by atoms with Crippen LogP contribution in [-0.4, -0.2) is 19.4 Å². The lowest BCUT2D eigenvalue weighted by Crippen LogP contribution is -2.24. The van der Waals surface area contributed by atoms with Crippen molar-refractivity contribution < 1.29 is 17.9 Å². The van der Waals surface area contributed by atoms with Crippen molar-refractivity contribution in [3.05, 3.63) is 11.6 Å². The largest absolute Gasteiger partial charge is 0.393 e. The van der Waals surface area contributed by atoms with Gasteiger partial charge in [0, 0.05) is 0 Å². The second kappa shape index (κ2) is 6.88. The molecule has 0 saturated carbocycles. The Balaban J connectivity index is 3.56. The van der Waals surface area contributed by atoms with Crippen LogP contribution in [0.1, 0.15) is 33.6 Å². The van der Waals surface area contributed by atoms with Crippen molar-refractivity contribution in [1.29, 1.82) is 0 Å². The van der Waals surface area contributed by atoms with E-state index < -0.39 is 12.1 Å². The molecule has 0 aromatic rings. The first-order valence-corrected chi connectivity index (χ1v) is 5.18. The van der Waals surface area contributed by atoms with Gasteiger partial charge in [0.15, 0.2) is 0 Å². The van der Waals surface area contributed by atoms with Crippen LogP contribution in [0, 0.1) is 5.92 Å². The van der Waals surface area contributed by atoms with E-state index in [9.17, 15) is 13.2 Å².